The third-order valence-electron chi connectivity index (χ3n) is 4.54. The van der Waals surface area contributed by atoms with E-state index in [0.29, 0.717) is 24.4 Å². The van der Waals surface area contributed by atoms with Gasteiger partial charge in [0.05, 0.1) is 12.3 Å². The van der Waals surface area contributed by atoms with Crippen LogP contribution in [-0.4, -0.2) is 38.8 Å². The van der Waals surface area contributed by atoms with Crippen LogP contribution in [0.4, 0.5) is 0 Å². The van der Waals surface area contributed by atoms with Gasteiger partial charge in [-0.25, -0.2) is 4.68 Å². The van der Waals surface area contributed by atoms with E-state index in [1.165, 1.54) is 11.0 Å². The number of carbonyl (C=O) groups excluding carboxylic acids is 1. The molecule has 0 fully saturated rings. The maximum atomic E-state index is 12.7. The zero-order chi connectivity index (χ0) is 19.5. The van der Waals surface area contributed by atoms with Crippen LogP contribution in [0.5, 0.6) is 11.5 Å². The Morgan fingerprint density at radius 3 is 3.04 bits per heavy atom. The molecule has 1 aliphatic heterocycles. The molecule has 8 nitrogen and oxygen atoms in total. The summed E-state index contributed by atoms with van der Waals surface area (Å²) < 4.78 is 13.1. The van der Waals surface area contributed by atoms with Gasteiger partial charge in [0.2, 0.25) is 0 Å². The van der Waals surface area contributed by atoms with Gasteiger partial charge in [-0.2, -0.15) is 0 Å². The summed E-state index contributed by atoms with van der Waals surface area (Å²) in [7, 11) is 0. The maximum absolute atomic E-state index is 12.7. The van der Waals surface area contributed by atoms with Crippen molar-refractivity contribution in [3.8, 4) is 17.2 Å². The number of hydrogen-bond acceptors (Lipinski definition) is 6. The minimum Gasteiger partial charge on any atom is -0.494 e. The van der Waals surface area contributed by atoms with Crippen molar-refractivity contribution in [2.24, 2.45) is 0 Å². The molecule has 1 atom stereocenters. The first kappa shape index (κ1) is 18.0. The van der Waals surface area contributed by atoms with Crippen LogP contribution >= 0.6 is 0 Å². The summed E-state index contributed by atoms with van der Waals surface area (Å²) in [5, 5.41) is 14.0. The Morgan fingerprint density at radius 2 is 2.25 bits per heavy atom. The number of nitrogens with zero attached hydrogens (tertiary/aromatic N) is 4. The number of aromatic nitrogens is 4. The van der Waals surface area contributed by atoms with Crippen LogP contribution in [0.15, 0.2) is 42.7 Å². The van der Waals surface area contributed by atoms with Crippen molar-refractivity contribution in [1.29, 1.82) is 0 Å². The molecule has 0 bridgehead atoms. The van der Waals surface area contributed by atoms with E-state index in [1.807, 2.05) is 32.0 Å². The van der Waals surface area contributed by atoms with Crippen molar-refractivity contribution in [3.63, 3.8) is 0 Å². The van der Waals surface area contributed by atoms with E-state index in [-0.39, 0.29) is 12.0 Å². The molecule has 2 aromatic carbocycles. The second-order valence-corrected chi connectivity index (χ2v) is 6.62. The predicted molar refractivity (Wildman–Crippen MR) is 102 cm³/mol. The Bertz CT molecular complexity index is 988. The second kappa shape index (κ2) is 7.67. The lowest BCUT2D eigenvalue weighted by Crippen LogP contribution is -2.23. The molecule has 0 spiro atoms. The lowest BCUT2D eigenvalue weighted by Gasteiger charge is -2.13. The number of fused-ring (bicyclic) bond motifs is 1. The largest absolute Gasteiger partial charge is 0.494 e. The fourth-order valence-corrected chi connectivity index (χ4v) is 3.26. The predicted octanol–water partition coefficient (Wildman–Crippen LogP) is 2.31. The number of amides is 1. The van der Waals surface area contributed by atoms with Crippen molar-refractivity contribution < 1.29 is 14.3 Å². The smallest absolute Gasteiger partial charge is 0.251 e. The number of nitrogens with one attached hydrogen (secondary N) is 1. The molecular weight excluding hydrogens is 358 g/mol. The maximum Gasteiger partial charge on any atom is 0.251 e. The molecule has 3 aromatic rings. The molecule has 1 N–H and O–H groups in total. The average molecular weight is 379 g/mol. The molecule has 0 aliphatic carbocycles. The van der Waals surface area contributed by atoms with Crippen molar-refractivity contribution in [1.82, 2.24) is 25.5 Å². The topological polar surface area (TPSA) is 91.2 Å². The Labute approximate surface area is 162 Å². The number of benzene rings is 2. The van der Waals surface area contributed by atoms with Gasteiger partial charge in [0.15, 0.2) is 0 Å². The molecular formula is C20H21N5O3. The van der Waals surface area contributed by atoms with Crippen LogP contribution < -0.4 is 14.8 Å². The van der Waals surface area contributed by atoms with E-state index in [4.69, 9.17) is 9.47 Å². The van der Waals surface area contributed by atoms with Gasteiger partial charge in [0.1, 0.15) is 23.9 Å². The Hall–Kier alpha value is -3.42. The Morgan fingerprint density at radius 1 is 1.36 bits per heavy atom. The minimum atomic E-state index is -0.188. The van der Waals surface area contributed by atoms with Crippen LogP contribution in [-0.2, 0) is 13.0 Å². The van der Waals surface area contributed by atoms with Crippen LogP contribution in [0.25, 0.3) is 5.69 Å². The molecule has 0 radical (unpaired) electrons. The monoisotopic (exact) mass is 379 g/mol. The van der Waals surface area contributed by atoms with Crippen molar-refractivity contribution in [3.05, 3.63) is 59.4 Å². The van der Waals surface area contributed by atoms with Gasteiger partial charge in [-0.1, -0.05) is 6.07 Å². The summed E-state index contributed by atoms with van der Waals surface area (Å²) in [4.78, 5) is 12.7. The van der Waals surface area contributed by atoms with Crippen LogP contribution in [0.3, 0.4) is 0 Å². The first-order chi connectivity index (χ1) is 13.6. The van der Waals surface area contributed by atoms with Crippen molar-refractivity contribution in [2.45, 2.75) is 32.9 Å². The highest BCUT2D eigenvalue weighted by Crippen LogP contribution is 2.35. The highest BCUT2D eigenvalue weighted by Gasteiger charge is 2.22. The molecule has 0 saturated carbocycles. The summed E-state index contributed by atoms with van der Waals surface area (Å²) in [5.74, 6) is 1.45. The van der Waals surface area contributed by atoms with E-state index < -0.39 is 0 Å². The third kappa shape index (κ3) is 3.66. The van der Waals surface area contributed by atoms with E-state index >= 15 is 0 Å². The SMILES string of the molecule is CCOc1cc2c(cc1CNC(=O)c1cccc(-n3cnnn3)c1)OC(C)C2. The fraction of sp³-hybridized carbons (Fsp3) is 0.300. The second-order valence-electron chi connectivity index (χ2n) is 6.62. The summed E-state index contributed by atoms with van der Waals surface area (Å²) in [6, 6.07) is 11.1. The van der Waals surface area contributed by atoms with Gasteiger partial charge < -0.3 is 14.8 Å². The number of carbonyl (C=O) groups is 1. The summed E-state index contributed by atoms with van der Waals surface area (Å²) in [6.07, 6.45) is 2.51. The van der Waals surface area contributed by atoms with Gasteiger partial charge >= 0.3 is 0 Å². The first-order valence-electron chi connectivity index (χ1n) is 9.21. The highest BCUT2D eigenvalue weighted by atomic mass is 16.5. The molecule has 1 amide bonds. The summed E-state index contributed by atoms with van der Waals surface area (Å²) in [5.41, 5.74) is 3.27. The van der Waals surface area contributed by atoms with Gasteiger partial charge in [-0.3, -0.25) is 4.79 Å². The molecule has 1 aliphatic rings. The number of ether oxygens (including phenoxy) is 2. The van der Waals surface area contributed by atoms with Gasteiger partial charge in [-0.05, 0) is 54.6 Å². The molecule has 0 saturated heterocycles. The van der Waals surface area contributed by atoms with Crippen LogP contribution in [0.1, 0.15) is 35.3 Å². The van der Waals surface area contributed by atoms with Gasteiger partial charge in [-0.15, -0.1) is 5.10 Å². The number of hydrogen-bond donors (Lipinski definition) is 1. The fourth-order valence-electron chi connectivity index (χ4n) is 3.26. The molecule has 144 valence electrons. The minimum absolute atomic E-state index is 0.156. The molecule has 1 aromatic heterocycles. The molecule has 28 heavy (non-hydrogen) atoms. The number of rotatable bonds is 6. The first-order valence-corrected chi connectivity index (χ1v) is 9.21. The van der Waals surface area contributed by atoms with Crippen LogP contribution in [0.2, 0.25) is 0 Å². The summed E-state index contributed by atoms with van der Waals surface area (Å²) in [6.45, 7) is 4.89. The lowest BCUT2D eigenvalue weighted by molar-refractivity contribution is 0.0950. The van der Waals surface area contributed by atoms with Crippen LogP contribution in [0, 0.1) is 0 Å². The average Bonchev–Trinajstić information content (AvgIpc) is 3.35. The Kier molecular flexibility index (Phi) is 4.92. The molecule has 1 unspecified atom stereocenters. The Balaban J connectivity index is 1.51. The molecule has 8 heteroatoms. The zero-order valence-corrected chi connectivity index (χ0v) is 15.8. The quantitative estimate of drug-likeness (QED) is 0.707. The summed E-state index contributed by atoms with van der Waals surface area (Å²) >= 11 is 0. The molecule has 4 rings (SSSR count). The lowest BCUT2D eigenvalue weighted by atomic mass is 10.1. The zero-order valence-electron chi connectivity index (χ0n) is 15.8. The molecule has 2 heterocycles. The number of tetrazole rings is 1. The third-order valence-corrected chi connectivity index (χ3v) is 4.54. The van der Waals surface area contributed by atoms with Gasteiger partial charge in [0.25, 0.3) is 5.91 Å². The van der Waals surface area contributed by atoms with E-state index in [1.54, 1.807) is 18.2 Å². The standard InChI is InChI=1S/C20H21N5O3/c1-3-27-18-9-15-7-13(2)28-19(15)10-16(18)11-21-20(26)14-5-4-6-17(8-14)25-12-22-23-24-25/h4-6,8-10,12-13H,3,7,11H2,1-2H3,(H,21,26). The van der Waals surface area contributed by atoms with E-state index in [2.05, 4.69) is 20.8 Å². The van der Waals surface area contributed by atoms with E-state index in [0.717, 1.165) is 29.0 Å². The van der Waals surface area contributed by atoms with Crippen molar-refractivity contribution in [2.75, 3.05) is 6.61 Å². The van der Waals surface area contributed by atoms with Crippen molar-refractivity contribution >= 4 is 5.91 Å². The highest BCUT2D eigenvalue weighted by molar-refractivity contribution is 5.94. The van der Waals surface area contributed by atoms with E-state index in [9.17, 15) is 4.79 Å². The van der Waals surface area contributed by atoms with Gasteiger partial charge in [0, 0.05) is 29.7 Å². The normalized spacial score (nSPS) is 15.0.